The van der Waals surface area contributed by atoms with Crippen LogP contribution >= 0.6 is 0 Å². The fourth-order valence-corrected chi connectivity index (χ4v) is 4.32. The lowest BCUT2D eigenvalue weighted by molar-refractivity contribution is 0.0124. The van der Waals surface area contributed by atoms with Gasteiger partial charge in [0.25, 0.3) is 0 Å². The zero-order chi connectivity index (χ0) is 20.5. The van der Waals surface area contributed by atoms with Crippen LogP contribution in [0, 0.1) is 6.92 Å². The largest absolute Gasteiger partial charge is 0.465 e. The molecule has 2 unspecified atom stereocenters. The summed E-state index contributed by atoms with van der Waals surface area (Å²) in [4.78, 5) is 9.46. The third kappa shape index (κ3) is 6.73. The number of hydrogen-bond donors (Lipinski definition) is 2. The number of hydrogen-bond acceptors (Lipinski definition) is 5. The van der Waals surface area contributed by atoms with Crippen LogP contribution in [0.1, 0.15) is 50.2 Å². The second-order valence-corrected chi connectivity index (χ2v) is 8.23. The summed E-state index contributed by atoms with van der Waals surface area (Å²) in [6.07, 6.45) is 5.20. The van der Waals surface area contributed by atoms with Gasteiger partial charge >= 0.3 is 0 Å². The van der Waals surface area contributed by atoms with Crippen LogP contribution < -0.4 is 10.6 Å². The summed E-state index contributed by atoms with van der Waals surface area (Å²) < 4.78 is 11.5. The monoisotopic (exact) mass is 405 g/mol. The zero-order valence-electron chi connectivity index (χ0n) is 18.5. The molecule has 0 bridgehead atoms. The molecule has 0 amide bonds. The number of rotatable bonds is 8. The molecule has 2 N–H and O–H groups in total. The van der Waals surface area contributed by atoms with Gasteiger partial charge in [-0.25, -0.2) is 0 Å². The van der Waals surface area contributed by atoms with E-state index in [0.29, 0.717) is 0 Å². The molecule has 2 aliphatic rings. The number of furan rings is 1. The predicted molar refractivity (Wildman–Crippen MR) is 117 cm³/mol. The van der Waals surface area contributed by atoms with Crippen molar-refractivity contribution in [3.05, 3.63) is 23.7 Å². The molecule has 7 nitrogen and oxygen atoms in total. The lowest BCUT2D eigenvalue weighted by atomic mass is 10.0. The third-order valence-corrected chi connectivity index (χ3v) is 6.12. The Hall–Kier alpha value is -1.57. The number of guanidine groups is 1. The van der Waals surface area contributed by atoms with E-state index in [9.17, 15) is 0 Å². The minimum absolute atomic E-state index is 0.181. The fourth-order valence-electron chi connectivity index (χ4n) is 4.32. The molecular weight excluding hydrogens is 366 g/mol. The maximum Gasteiger partial charge on any atom is 0.191 e. The van der Waals surface area contributed by atoms with Crippen molar-refractivity contribution in [2.75, 3.05) is 59.5 Å². The highest BCUT2D eigenvalue weighted by Crippen LogP contribution is 2.23. The van der Waals surface area contributed by atoms with E-state index < -0.39 is 0 Å². The molecule has 0 aromatic carbocycles. The van der Waals surface area contributed by atoms with Crippen LogP contribution in [0.3, 0.4) is 0 Å². The van der Waals surface area contributed by atoms with Crippen molar-refractivity contribution in [2.45, 2.75) is 51.6 Å². The van der Waals surface area contributed by atoms with Gasteiger partial charge in [0, 0.05) is 45.8 Å². The maximum atomic E-state index is 5.95. The first-order chi connectivity index (χ1) is 14.2. The van der Waals surface area contributed by atoms with Crippen molar-refractivity contribution >= 4 is 5.96 Å². The topological polar surface area (TPSA) is 65.3 Å². The number of aryl methyl sites for hydroxylation is 1. The Labute approximate surface area is 175 Å². The van der Waals surface area contributed by atoms with Gasteiger partial charge in [-0.2, -0.15) is 0 Å². The van der Waals surface area contributed by atoms with Crippen LogP contribution in [0.15, 0.2) is 21.5 Å². The first-order valence-corrected chi connectivity index (χ1v) is 11.2. The van der Waals surface area contributed by atoms with Crippen LogP contribution in [0.25, 0.3) is 0 Å². The molecule has 3 heterocycles. The van der Waals surface area contributed by atoms with Gasteiger partial charge in [-0.1, -0.05) is 6.42 Å². The summed E-state index contributed by atoms with van der Waals surface area (Å²) in [6, 6.07) is 5.04. The Kier molecular flexibility index (Phi) is 8.83. The van der Waals surface area contributed by atoms with Gasteiger partial charge in [-0.05, 0) is 51.8 Å². The molecule has 7 heteroatoms. The fraction of sp³-hybridized carbons (Fsp3) is 0.773. The van der Waals surface area contributed by atoms with Crippen molar-refractivity contribution in [3.63, 3.8) is 0 Å². The first kappa shape index (κ1) is 22.1. The number of likely N-dealkylation sites (tertiary alicyclic amines) is 1. The van der Waals surface area contributed by atoms with Crippen molar-refractivity contribution in [3.8, 4) is 0 Å². The van der Waals surface area contributed by atoms with Crippen molar-refractivity contribution < 1.29 is 9.15 Å². The molecule has 2 aliphatic heterocycles. The number of nitrogens with zero attached hydrogens (tertiary/aromatic N) is 3. The Morgan fingerprint density at radius 3 is 2.72 bits per heavy atom. The van der Waals surface area contributed by atoms with Gasteiger partial charge in [0.15, 0.2) is 5.96 Å². The molecule has 1 aromatic rings. The van der Waals surface area contributed by atoms with E-state index >= 15 is 0 Å². The van der Waals surface area contributed by atoms with E-state index in [-0.39, 0.29) is 6.04 Å². The third-order valence-electron chi connectivity index (χ3n) is 6.12. The van der Waals surface area contributed by atoms with E-state index in [1.165, 1.54) is 25.8 Å². The molecule has 2 atom stereocenters. The Morgan fingerprint density at radius 1 is 1.21 bits per heavy atom. The SMILES string of the molecule is CN=C(NCCCN1CCCCC1C)NCC(c1ccc(C)o1)N1CCOCC1. The summed E-state index contributed by atoms with van der Waals surface area (Å²) in [5, 5.41) is 6.98. The zero-order valence-corrected chi connectivity index (χ0v) is 18.5. The summed E-state index contributed by atoms with van der Waals surface area (Å²) in [5.41, 5.74) is 0. The van der Waals surface area contributed by atoms with Gasteiger partial charge in [0.1, 0.15) is 11.5 Å². The number of nitrogens with one attached hydrogen (secondary N) is 2. The molecule has 0 spiro atoms. The van der Waals surface area contributed by atoms with Crippen LogP contribution in [-0.2, 0) is 4.74 Å². The second kappa shape index (κ2) is 11.6. The molecule has 2 saturated heterocycles. The molecule has 3 rings (SSSR count). The summed E-state index contributed by atoms with van der Waals surface area (Å²) in [6.45, 7) is 11.9. The van der Waals surface area contributed by atoms with E-state index in [1.807, 2.05) is 20.0 Å². The van der Waals surface area contributed by atoms with E-state index in [4.69, 9.17) is 9.15 Å². The summed E-state index contributed by atoms with van der Waals surface area (Å²) in [5.74, 6) is 2.82. The van der Waals surface area contributed by atoms with Gasteiger partial charge in [0.2, 0.25) is 0 Å². The van der Waals surface area contributed by atoms with Crippen LogP contribution in [0.4, 0.5) is 0 Å². The minimum Gasteiger partial charge on any atom is -0.465 e. The smallest absolute Gasteiger partial charge is 0.191 e. The number of ether oxygens (including phenoxy) is 1. The van der Waals surface area contributed by atoms with E-state index in [2.05, 4.69) is 38.4 Å². The second-order valence-electron chi connectivity index (χ2n) is 8.23. The van der Waals surface area contributed by atoms with Gasteiger partial charge in [-0.15, -0.1) is 0 Å². The van der Waals surface area contributed by atoms with E-state index in [1.54, 1.807) is 0 Å². The Bertz CT molecular complexity index is 626. The molecule has 164 valence electrons. The normalized spacial score (nSPS) is 23.1. The molecule has 0 saturated carbocycles. The predicted octanol–water partition coefficient (Wildman–Crippen LogP) is 2.39. The van der Waals surface area contributed by atoms with Gasteiger partial charge in [-0.3, -0.25) is 9.89 Å². The number of aliphatic imine (C=N–C) groups is 1. The van der Waals surface area contributed by atoms with Crippen molar-refractivity contribution in [1.29, 1.82) is 0 Å². The lowest BCUT2D eigenvalue weighted by Gasteiger charge is -2.34. The first-order valence-electron chi connectivity index (χ1n) is 11.2. The standard InChI is InChI=1S/C22H39N5O2/c1-18-7-4-5-11-26(18)12-6-10-24-22(23-3)25-17-20(21-9-8-19(2)29-21)27-13-15-28-16-14-27/h8-9,18,20H,4-7,10-17H2,1-3H3,(H2,23,24,25). The minimum atomic E-state index is 0.181. The molecular formula is C22H39N5O2. The quantitative estimate of drug-likeness (QED) is 0.393. The number of piperidine rings is 1. The van der Waals surface area contributed by atoms with Crippen molar-refractivity contribution in [2.24, 2.45) is 4.99 Å². The van der Waals surface area contributed by atoms with Crippen LogP contribution in [0.5, 0.6) is 0 Å². The van der Waals surface area contributed by atoms with Gasteiger partial charge in [0.05, 0.1) is 19.3 Å². The number of morpholine rings is 1. The Balaban J connectivity index is 1.45. The highest BCUT2D eigenvalue weighted by Gasteiger charge is 2.25. The molecule has 0 aliphatic carbocycles. The average molecular weight is 406 g/mol. The van der Waals surface area contributed by atoms with Crippen LogP contribution in [0.2, 0.25) is 0 Å². The van der Waals surface area contributed by atoms with Crippen molar-refractivity contribution in [1.82, 2.24) is 20.4 Å². The lowest BCUT2D eigenvalue weighted by Crippen LogP contribution is -2.46. The summed E-state index contributed by atoms with van der Waals surface area (Å²) >= 11 is 0. The Morgan fingerprint density at radius 2 is 2.03 bits per heavy atom. The molecule has 0 radical (unpaired) electrons. The van der Waals surface area contributed by atoms with Crippen LogP contribution in [-0.4, -0.2) is 81.3 Å². The molecule has 1 aromatic heterocycles. The summed E-state index contributed by atoms with van der Waals surface area (Å²) in [7, 11) is 1.84. The average Bonchev–Trinajstić information content (AvgIpc) is 3.17. The highest BCUT2D eigenvalue weighted by atomic mass is 16.5. The maximum absolute atomic E-state index is 5.95. The van der Waals surface area contributed by atoms with E-state index in [0.717, 1.165) is 75.9 Å². The molecule has 29 heavy (non-hydrogen) atoms. The molecule has 2 fully saturated rings. The highest BCUT2D eigenvalue weighted by molar-refractivity contribution is 5.79. The van der Waals surface area contributed by atoms with Gasteiger partial charge < -0.3 is 24.7 Å².